The van der Waals surface area contributed by atoms with Gasteiger partial charge in [-0.3, -0.25) is 0 Å². The molecule has 1 aromatic heterocycles. The van der Waals surface area contributed by atoms with Crippen molar-refractivity contribution in [2.45, 2.75) is 90.4 Å². The molecule has 0 bridgehead atoms. The zero-order valence-electron chi connectivity index (χ0n) is 15.9. The number of amides is 1. The maximum Gasteiger partial charge on any atom is 0.407 e. The number of nitrogens with one attached hydrogen (secondary N) is 1. The molecule has 0 saturated carbocycles. The maximum atomic E-state index is 12.2. The van der Waals surface area contributed by atoms with E-state index >= 15 is 0 Å². The topological polar surface area (TPSA) is 69.9 Å². The first kappa shape index (κ1) is 19.8. The van der Waals surface area contributed by atoms with Crippen LogP contribution in [0.15, 0.2) is 22.8 Å². The fourth-order valence-electron chi connectivity index (χ4n) is 2.89. The van der Waals surface area contributed by atoms with Gasteiger partial charge in [0, 0.05) is 0 Å². The SMILES string of the molecule is CC[C@@H](NC(=O)OC(C)(C)C)[C@H](O[C@@H]1CCC[C@H](C)O1)c1ccco1. The molecule has 1 aliphatic rings. The zero-order chi connectivity index (χ0) is 18.4. The van der Waals surface area contributed by atoms with Crippen LogP contribution < -0.4 is 5.32 Å². The van der Waals surface area contributed by atoms with Gasteiger partial charge in [-0.05, 0) is 65.5 Å². The Morgan fingerprint density at radius 1 is 1.40 bits per heavy atom. The smallest absolute Gasteiger partial charge is 0.407 e. The zero-order valence-corrected chi connectivity index (χ0v) is 15.9. The standard InChI is InChI=1S/C19H31NO5/c1-6-14(20-18(21)25-19(3,4)5)17(15-10-8-12-22-15)24-16-11-7-9-13(2)23-16/h8,10,12-14,16-17H,6-7,9,11H2,1-5H3,(H,20,21)/t13-,14+,16+,17-/m0/s1. The number of rotatable bonds is 6. The number of ether oxygens (including phenoxy) is 3. The predicted molar refractivity (Wildman–Crippen MR) is 94.2 cm³/mol. The Hall–Kier alpha value is -1.53. The van der Waals surface area contributed by atoms with E-state index in [1.54, 1.807) is 6.26 Å². The summed E-state index contributed by atoms with van der Waals surface area (Å²) >= 11 is 0. The highest BCUT2D eigenvalue weighted by atomic mass is 16.7. The Kier molecular flexibility index (Phi) is 6.90. The molecule has 1 aliphatic heterocycles. The lowest BCUT2D eigenvalue weighted by atomic mass is 10.1. The fourth-order valence-corrected chi connectivity index (χ4v) is 2.89. The van der Waals surface area contributed by atoms with Crippen molar-refractivity contribution in [1.82, 2.24) is 5.32 Å². The molecule has 0 radical (unpaired) electrons. The summed E-state index contributed by atoms with van der Waals surface area (Å²) < 4.78 is 23.0. The molecule has 6 nitrogen and oxygen atoms in total. The Labute approximate surface area is 150 Å². The minimum absolute atomic E-state index is 0.176. The normalized spacial score (nSPS) is 23.7. The van der Waals surface area contributed by atoms with Gasteiger partial charge in [-0.1, -0.05) is 6.92 Å². The van der Waals surface area contributed by atoms with E-state index in [1.165, 1.54) is 0 Å². The van der Waals surface area contributed by atoms with E-state index in [9.17, 15) is 4.79 Å². The first-order valence-electron chi connectivity index (χ1n) is 9.12. The summed E-state index contributed by atoms with van der Waals surface area (Å²) in [5.41, 5.74) is -0.550. The Morgan fingerprint density at radius 2 is 2.16 bits per heavy atom. The van der Waals surface area contributed by atoms with Gasteiger partial charge in [0.15, 0.2) is 6.29 Å². The molecule has 0 spiro atoms. The van der Waals surface area contributed by atoms with Gasteiger partial charge in [-0.25, -0.2) is 4.79 Å². The summed E-state index contributed by atoms with van der Waals surface area (Å²) in [7, 11) is 0. The molecule has 1 aromatic rings. The van der Waals surface area contributed by atoms with Crippen LogP contribution >= 0.6 is 0 Å². The molecule has 0 unspecified atom stereocenters. The summed E-state index contributed by atoms with van der Waals surface area (Å²) in [4.78, 5) is 12.2. The van der Waals surface area contributed by atoms with Crippen molar-refractivity contribution >= 4 is 6.09 Å². The molecule has 1 amide bonds. The van der Waals surface area contributed by atoms with Crippen LogP contribution in [0.4, 0.5) is 4.79 Å². The fraction of sp³-hybridized carbons (Fsp3) is 0.737. The highest BCUT2D eigenvalue weighted by Crippen LogP contribution is 2.30. The molecule has 1 fully saturated rings. The van der Waals surface area contributed by atoms with Gasteiger partial charge in [-0.15, -0.1) is 0 Å². The van der Waals surface area contributed by atoms with Gasteiger partial charge < -0.3 is 23.9 Å². The Balaban J connectivity index is 2.08. The summed E-state index contributed by atoms with van der Waals surface area (Å²) in [5.74, 6) is 0.671. The van der Waals surface area contributed by atoms with E-state index in [-0.39, 0.29) is 18.4 Å². The van der Waals surface area contributed by atoms with Crippen molar-refractivity contribution < 1.29 is 23.4 Å². The van der Waals surface area contributed by atoms with E-state index in [4.69, 9.17) is 18.6 Å². The predicted octanol–water partition coefficient (Wildman–Crippen LogP) is 4.56. The van der Waals surface area contributed by atoms with Crippen molar-refractivity contribution in [3.63, 3.8) is 0 Å². The lowest BCUT2D eigenvalue weighted by Gasteiger charge is -2.33. The molecule has 4 atom stereocenters. The second-order valence-corrected chi connectivity index (χ2v) is 7.54. The van der Waals surface area contributed by atoms with Crippen molar-refractivity contribution in [2.75, 3.05) is 0 Å². The maximum absolute atomic E-state index is 12.2. The van der Waals surface area contributed by atoms with Crippen molar-refractivity contribution in [1.29, 1.82) is 0 Å². The lowest BCUT2D eigenvalue weighted by molar-refractivity contribution is -0.220. The lowest BCUT2D eigenvalue weighted by Crippen LogP contribution is -2.44. The van der Waals surface area contributed by atoms with E-state index in [0.717, 1.165) is 19.3 Å². The van der Waals surface area contributed by atoms with Gasteiger partial charge >= 0.3 is 6.09 Å². The number of furan rings is 1. The Morgan fingerprint density at radius 3 is 2.72 bits per heavy atom. The van der Waals surface area contributed by atoms with Crippen molar-refractivity contribution in [2.24, 2.45) is 0 Å². The molecule has 1 saturated heterocycles. The number of carbonyl (C=O) groups excluding carboxylic acids is 1. The highest BCUT2D eigenvalue weighted by Gasteiger charge is 2.32. The third-order valence-electron chi connectivity index (χ3n) is 4.06. The molecule has 1 N–H and O–H groups in total. The second-order valence-electron chi connectivity index (χ2n) is 7.54. The monoisotopic (exact) mass is 353 g/mol. The molecule has 25 heavy (non-hydrogen) atoms. The van der Waals surface area contributed by atoms with Gasteiger partial charge in [0.25, 0.3) is 0 Å². The number of alkyl carbamates (subject to hydrolysis) is 1. The Bertz CT molecular complexity index is 522. The summed E-state index contributed by atoms with van der Waals surface area (Å²) in [5, 5.41) is 2.91. The molecular weight excluding hydrogens is 322 g/mol. The quantitative estimate of drug-likeness (QED) is 0.812. The van der Waals surface area contributed by atoms with Crippen LogP contribution in [0, 0.1) is 0 Å². The number of hydrogen-bond acceptors (Lipinski definition) is 5. The summed E-state index contributed by atoms with van der Waals surface area (Å²) in [6.45, 7) is 9.56. The van der Waals surface area contributed by atoms with Gasteiger partial charge in [-0.2, -0.15) is 0 Å². The largest absolute Gasteiger partial charge is 0.466 e. The van der Waals surface area contributed by atoms with Gasteiger partial charge in [0.05, 0.1) is 18.4 Å². The van der Waals surface area contributed by atoms with Crippen molar-refractivity contribution in [3.05, 3.63) is 24.2 Å². The third-order valence-corrected chi connectivity index (χ3v) is 4.06. The van der Waals surface area contributed by atoms with Crippen LogP contribution in [0.3, 0.4) is 0 Å². The van der Waals surface area contributed by atoms with Crippen molar-refractivity contribution in [3.8, 4) is 0 Å². The van der Waals surface area contributed by atoms with Gasteiger partial charge in [0.1, 0.15) is 17.5 Å². The molecule has 2 rings (SSSR count). The average molecular weight is 353 g/mol. The van der Waals surface area contributed by atoms with Crippen LogP contribution in [0.5, 0.6) is 0 Å². The van der Waals surface area contributed by atoms with E-state index in [0.29, 0.717) is 12.2 Å². The molecule has 6 heteroatoms. The van der Waals surface area contributed by atoms with Crippen LogP contribution in [-0.2, 0) is 14.2 Å². The number of hydrogen-bond donors (Lipinski definition) is 1. The van der Waals surface area contributed by atoms with E-state index in [2.05, 4.69) is 5.32 Å². The minimum atomic E-state index is -0.550. The van der Waals surface area contributed by atoms with Gasteiger partial charge in [0.2, 0.25) is 0 Å². The molecule has 0 aromatic carbocycles. The summed E-state index contributed by atoms with van der Waals surface area (Å²) in [6.07, 6.45) is 4.21. The summed E-state index contributed by atoms with van der Waals surface area (Å²) in [6, 6.07) is 3.40. The third kappa shape index (κ3) is 6.36. The minimum Gasteiger partial charge on any atom is -0.466 e. The first-order chi connectivity index (χ1) is 11.8. The molecule has 2 heterocycles. The number of carbonyl (C=O) groups is 1. The molecule has 142 valence electrons. The van der Waals surface area contributed by atoms with Crippen LogP contribution in [0.2, 0.25) is 0 Å². The van der Waals surface area contributed by atoms with Crippen LogP contribution in [0.25, 0.3) is 0 Å². The highest BCUT2D eigenvalue weighted by molar-refractivity contribution is 5.68. The second kappa shape index (κ2) is 8.72. The van der Waals surface area contributed by atoms with Crippen LogP contribution in [-0.4, -0.2) is 30.1 Å². The first-order valence-corrected chi connectivity index (χ1v) is 9.12. The molecular formula is C19H31NO5. The average Bonchev–Trinajstić information content (AvgIpc) is 3.03. The molecule has 0 aliphatic carbocycles. The van der Waals surface area contributed by atoms with Crippen LogP contribution in [0.1, 0.15) is 72.2 Å². The van der Waals surface area contributed by atoms with E-state index in [1.807, 2.05) is 46.8 Å². The van der Waals surface area contributed by atoms with E-state index < -0.39 is 17.8 Å².